The third-order valence-corrected chi connectivity index (χ3v) is 2.37. The molecule has 0 fully saturated rings. The molecular weight excluding hydrogens is 196 g/mol. The van der Waals surface area contributed by atoms with Gasteiger partial charge in [0.05, 0.1) is 4.92 Å². The van der Waals surface area contributed by atoms with Gasteiger partial charge in [0.25, 0.3) is 0 Å². The first-order chi connectivity index (χ1) is 6.91. The largest absolute Gasteiger partial charge is 0.360 e. The number of nitro groups is 1. The Morgan fingerprint density at radius 1 is 1.53 bits per heavy atom. The summed E-state index contributed by atoms with van der Waals surface area (Å²) in [4.78, 5) is 10.3. The number of nitrogens with zero attached hydrogens (tertiary/aromatic N) is 3. The summed E-state index contributed by atoms with van der Waals surface area (Å²) in [5, 5.41) is 17.8. The first-order valence-corrected chi connectivity index (χ1v) is 4.86. The molecule has 1 heterocycles. The van der Waals surface area contributed by atoms with Gasteiger partial charge in [-0.25, -0.2) is 0 Å². The molecule has 1 atom stereocenters. The fraction of sp³-hybridized carbons (Fsp3) is 0.667. The predicted molar refractivity (Wildman–Crippen MR) is 57.8 cm³/mol. The van der Waals surface area contributed by atoms with E-state index in [1.807, 2.05) is 20.8 Å². The molecule has 0 aliphatic carbocycles. The van der Waals surface area contributed by atoms with Crippen molar-refractivity contribution in [1.82, 2.24) is 9.78 Å². The van der Waals surface area contributed by atoms with E-state index in [1.54, 1.807) is 7.05 Å². The smallest absolute Gasteiger partial charge is 0.330 e. The lowest BCUT2D eigenvalue weighted by Gasteiger charge is -2.16. The van der Waals surface area contributed by atoms with Gasteiger partial charge in [0.15, 0.2) is 0 Å². The van der Waals surface area contributed by atoms with Crippen molar-refractivity contribution in [2.75, 3.05) is 5.32 Å². The molecule has 6 heteroatoms. The molecule has 84 valence electrons. The van der Waals surface area contributed by atoms with Crippen LogP contribution in [0.2, 0.25) is 0 Å². The molecule has 0 radical (unpaired) electrons. The van der Waals surface area contributed by atoms with E-state index < -0.39 is 4.92 Å². The molecule has 15 heavy (non-hydrogen) atoms. The van der Waals surface area contributed by atoms with Crippen LogP contribution in [0.5, 0.6) is 0 Å². The SMILES string of the molecule is CC(C)C(C)Nc1nn(C)cc1[N+](=O)[O-]. The second-order valence-electron chi connectivity index (χ2n) is 3.97. The lowest BCUT2D eigenvalue weighted by Crippen LogP contribution is -2.22. The van der Waals surface area contributed by atoms with Gasteiger partial charge in [0.2, 0.25) is 5.82 Å². The van der Waals surface area contributed by atoms with Crippen LogP contribution in [-0.2, 0) is 7.05 Å². The Morgan fingerprint density at radius 3 is 2.60 bits per heavy atom. The molecule has 0 spiro atoms. The maximum Gasteiger partial charge on any atom is 0.330 e. The van der Waals surface area contributed by atoms with E-state index in [1.165, 1.54) is 10.9 Å². The van der Waals surface area contributed by atoms with Crippen LogP contribution in [0.4, 0.5) is 11.5 Å². The summed E-state index contributed by atoms with van der Waals surface area (Å²) in [5.41, 5.74) is 0.0185. The van der Waals surface area contributed by atoms with Gasteiger partial charge < -0.3 is 5.32 Å². The zero-order chi connectivity index (χ0) is 11.6. The maximum absolute atomic E-state index is 10.7. The van der Waals surface area contributed by atoms with Crippen molar-refractivity contribution < 1.29 is 4.92 Å². The van der Waals surface area contributed by atoms with Gasteiger partial charge >= 0.3 is 5.69 Å². The molecule has 0 saturated heterocycles. The zero-order valence-electron chi connectivity index (χ0n) is 9.39. The summed E-state index contributed by atoms with van der Waals surface area (Å²) in [6, 6.07) is 0.151. The minimum atomic E-state index is -0.428. The molecule has 1 aromatic heterocycles. The molecule has 1 unspecified atom stereocenters. The molecular formula is C9H16N4O2. The van der Waals surface area contributed by atoms with Gasteiger partial charge in [-0.15, -0.1) is 5.10 Å². The highest BCUT2D eigenvalue weighted by Crippen LogP contribution is 2.23. The molecule has 0 aromatic carbocycles. The normalized spacial score (nSPS) is 12.9. The van der Waals surface area contributed by atoms with Crippen molar-refractivity contribution >= 4 is 11.5 Å². The lowest BCUT2D eigenvalue weighted by atomic mass is 10.1. The molecule has 1 aromatic rings. The van der Waals surface area contributed by atoms with Crippen molar-refractivity contribution in [3.63, 3.8) is 0 Å². The Labute approximate surface area is 88.4 Å². The van der Waals surface area contributed by atoms with E-state index >= 15 is 0 Å². The van der Waals surface area contributed by atoms with Crippen LogP contribution in [0.3, 0.4) is 0 Å². The van der Waals surface area contributed by atoms with E-state index in [0.29, 0.717) is 11.7 Å². The van der Waals surface area contributed by atoms with Crippen LogP contribution >= 0.6 is 0 Å². The topological polar surface area (TPSA) is 73.0 Å². The number of aryl methyl sites for hydroxylation is 1. The number of hydrogen-bond donors (Lipinski definition) is 1. The van der Waals surface area contributed by atoms with Gasteiger partial charge in [-0.3, -0.25) is 14.8 Å². The van der Waals surface area contributed by atoms with Gasteiger partial charge in [0.1, 0.15) is 6.20 Å². The summed E-state index contributed by atoms with van der Waals surface area (Å²) in [5.74, 6) is 0.732. The minimum absolute atomic E-state index is 0.0185. The minimum Gasteiger partial charge on any atom is -0.360 e. The summed E-state index contributed by atoms with van der Waals surface area (Å²) in [7, 11) is 1.66. The second-order valence-corrected chi connectivity index (χ2v) is 3.97. The van der Waals surface area contributed by atoms with Gasteiger partial charge in [-0.1, -0.05) is 13.8 Å². The number of hydrogen-bond acceptors (Lipinski definition) is 4. The Balaban J connectivity index is 2.89. The van der Waals surface area contributed by atoms with Crippen LogP contribution in [0.25, 0.3) is 0 Å². The van der Waals surface area contributed by atoms with Crippen LogP contribution in [0.15, 0.2) is 6.20 Å². The van der Waals surface area contributed by atoms with E-state index in [9.17, 15) is 10.1 Å². The summed E-state index contributed by atoms with van der Waals surface area (Å²) in [6.45, 7) is 6.07. The summed E-state index contributed by atoms with van der Waals surface area (Å²) in [6.07, 6.45) is 1.40. The van der Waals surface area contributed by atoms with Crippen molar-refractivity contribution in [2.24, 2.45) is 13.0 Å². The van der Waals surface area contributed by atoms with Crippen molar-refractivity contribution in [3.05, 3.63) is 16.3 Å². The summed E-state index contributed by atoms with van der Waals surface area (Å²) >= 11 is 0. The number of anilines is 1. The van der Waals surface area contributed by atoms with E-state index in [-0.39, 0.29) is 11.7 Å². The van der Waals surface area contributed by atoms with Crippen LogP contribution < -0.4 is 5.32 Å². The van der Waals surface area contributed by atoms with Crippen molar-refractivity contribution in [2.45, 2.75) is 26.8 Å². The van der Waals surface area contributed by atoms with E-state index in [0.717, 1.165) is 0 Å². The molecule has 0 aliphatic rings. The Kier molecular flexibility index (Phi) is 3.28. The van der Waals surface area contributed by atoms with Gasteiger partial charge in [-0.05, 0) is 12.8 Å². The lowest BCUT2D eigenvalue weighted by molar-refractivity contribution is -0.384. The highest BCUT2D eigenvalue weighted by atomic mass is 16.6. The van der Waals surface area contributed by atoms with E-state index in [2.05, 4.69) is 10.4 Å². The first kappa shape index (κ1) is 11.5. The third kappa shape index (κ3) is 2.68. The predicted octanol–water partition coefficient (Wildman–Crippen LogP) is 1.78. The van der Waals surface area contributed by atoms with Gasteiger partial charge in [0, 0.05) is 13.1 Å². The number of aromatic nitrogens is 2. The van der Waals surface area contributed by atoms with Crippen LogP contribution in [-0.4, -0.2) is 20.7 Å². The third-order valence-electron chi connectivity index (χ3n) is 2.37. The monoisotopic (exact) mass is 212 g/mol. The average molecular weight is 212 g/mol. The summed E-state index contributed by atoms with van der Waals surface area (Å²) < 4.78 is 1.44. The fourth-order valence-electron chi connectivity index (χ4n) is 1.09. The van der Waals surface area contributed by atoms with Crippen LogP contribution in [0, 0.1) is 16.0 Å². The number of nitrogens with one attached hydrogen (secondary N) is 1. The molecule has 1 rings (SSSR count). The molecule has 0 saturated carbocycles. The first-order valence-electron chi connectivity index (χ1n) is 4.86. The van der Waals surface area contributed by atoms with E-state index in [4.69, 9.17) is 0 Å². The standard InChI is InChI=1S/C9H16N4O2/c1-6(2)7(3)10-9-8(13(14)15)5-12(4)11-9/h5-7H,1-4H3,(H,10,11). The Morgan fingerprint density at radius 2 is 2.13 bits per heavy atom. The fourth-order valence-corrected chi connectivity index (χ4v) is 1.09. The maximum atomic E-state index is 10.7. The quantitative estimate of drug-likeness (QED) is 0.610. The van der Waals surface area contributed by atoms with Crippen LogP contribution in [0.1, 0.15) is 20.8 Å². The highest BCUT2D eigenvalue weighted by Gasteiger charge is 2.20. The molecule has 1 N–H and O–H groups in total. The molecule has 0 aliphatic heterocycles. The molecule has 0 bridgehead atoms. The zero-order valence-corrected chi connectivity index (χ0v) is 9.39. The second kappa shape index (κ2) is 4.29. The molecule has 6 nitrogen and oxygen atoms in total. The average Bonchev–Trinajstić information content (AvgIpc) is 2.46. The number of rotatable bonds is 4. The van der Waals surface area contributed by atoms with Crippen molar-refractivity contribution in [1.29, 1.82) is 0 Å². The van der Waals surface area contributed by atoms with Crippen molar-refractivity contribution in [3.8, 4) is 0 Å². The van der Waals surface area contributed by atoms with Gasteiger partial charge in [-0.2, -0.15) is 0 Å². The Hall–Kier alpha value is -1.59. The molecule has 0 amide bonds. The highest BCUT2D eigenvalue weighted by molar-refractivity contribution is 5.54. The Bertz CT molecular complexity index is 359.